The van der Waals surface area contributed by atoms with Gasteiger partial charge in [-0.05, 0) is 50.6 Å². The van der Waals surface area contributed by atoms with E-state index in [0.717, 1.165) is 25.7 Å². The van der Waals surface area contributed by atoms with Crippen LogP contribution in [-0.4, -0.2) is 24.1 Å². The highest BCUT2D eigenvalue weighted by molar-refractivity contribution is 9.10. The van der Waals surface area contributed by atoms with Gasteiger partial charge in [0.25, 0.3) is 0 Å². The number of ketones is 1. The average Bonchev–Trinajstić information content (AvgIpc) is 3.12. The molecule has 0 aliphatic carbocycles. The van der Waals surface area contributed by atoms with Crippen molar-refractivity contribution in [2.75, 3.05) is 12.4 Å². The van der Waals surface area contributed by atoms with E-state index in [1.165, 1.54) is 11.3 Å². The Morgan fingerprint density at radius 3 is 2.42 bits per heavy atom. The zero-order chi connectivity index (χ0) is 23.1. The molecule has 0 unspecified atom stereocenters. The lowest BCUT2D eigenvalue weighted by Gasteiger charge is -2.06. The van der Waals surface area contributed by atoms with Crippen molar-refractivity contribution in [1.29, 1.82) is 0 Å². The minimum atomic E-state index is -0.339. The van der Waals surface area contributed by atoms with Crippen molar-refractivity contribution in [2.24, 2.45) is 0 Å². The number of halogens is 2. The van der Waals surface area contributed by atoms with Crippen molar-refractivity contribution < 1.29 is 42.9 Å². The Morgan fingerprint density at radius 2 is 1.82 bits per heavy atom. The molecule has 0 aliphatic heterocycles. The second-order valence-corrected chi connectivity index (χ2v) is 10.3. The van der Waals surface area contributed by atoms with Crippen molar-refractivity contribution in [3.8, 4) is 5.69 Å². The fraction of sp³-hybridized carbons (Fsp3) is 0.240. The highest BCUT2D eigenvalue weighted by Gasteiger charge is 2.31. The number of benzene rings is 1. The third-order valence-electron chi connectivity index (χ3n) is 4.69. The monoisotopic (exact) mass is 657 g/mol. The zero-order valence-electron chi connectivity index (χ0n) is 18.6. The predicted octanol–water partition coefficient (Wildman–Crippen LogP) is 3.10. The Kier molecular flexibility index (Phi) is 11.3. The minimum Gasteiger partial charge on any atom is -1.00 e. The number of carbonyl (C=O) groups is 2. The number of aryl methyl sites for hydroxylation is 1. The van der Waals surface area contributed by atoms with Crippen molar-refractivity contribution >= 4 is 50.8 Å². The van der Waals surface area contributed by atoms with Gasteiger partial charge in [-0.1, -0.05) is 28.1 Å². The second kappa shape index (κ2) is 13.4. The van der Waals surface area contributed by atoms with Gasteiger partial charge >= 0.3 is 5.97 Å². The van der Waals surface area contributed by atoms with Gasteiger partial charge in [0.15, 0.2) is 12.4 Å². The number of nitrogens with zero attached hydrogens (tertiary/aromatic N) is 1. The van der Waals surface area contributed by atoms with E-state index in [4.69, 9.17) is 4.74 Å². The largest absolute Gasteiger partial charge is 1.00 e. The normalized spacial score (nSPS) is 10.8. The number of hydrogen-bond donors (Lipinski definition) is 0. The molecule has 3 aromatic rings. The predicted molar refractivity (Wildman–Crippen MR) is 134 cm³/mol. The van der Waals surface area contributed by atoms with E-state index < -0.39 is 0 Å². The number of rotatable bonds is 9. The molecule has 2 aromatic heterocycles. The van der Waals surface area contributed by atoms with E-state index in [0.29, 0.717) is 22.6 Å². The molecule has 0 amide bonds. The number of carbonyl (C=O) groups excluding carboxylic acids is 2. The summed E-state index contributed by atoms with van der Waals surface area (Å²) in [5.41, 5.74) is 3.30. The molecular formula is C25H25BrINO3S2. The van der Waals surface area contributed by atoms with Crippen LogP contribution >= 0.6 is 39.0 Å². The first-order valence-corrected chi connectivity index (χ1v) is 12.9. The molecule has 174 valence electrons. The molecule has 0 radical (unpaired) electrons. The quantitative estimate of drug-likeness (QED) is 0.0887. The molecular weight excluding hydrogens is 633 g/mol. The van der Waals surface area contributed by atoms with E-state index in [1.807, 2.05) is 61.1 Å². The molecule has 0 fully saturated rings. The summed E-state index contributed by atoms with van der Waals surface area (Å²) in [5.74, 6) is 0.351. The summed E-state index contributed by atoms with van der Waals surface area (Å²) in [6.07, 6.45) is 8.07. The van der Waals surface area contributed by atoms with Crippen molar-refractivity contribution in [1.82, 2.24) is 0 Å². The number of hydrogen-bond acceptors (Lipinski definition) is 5. The number of esters is 1. The van der Waals surface area contributed by atoms with Crippen LogP contribution in [-0.2, 0) is 16.0 Å². The summed E-state index contributed by atoms with van der Waals surface area (Å²) in [4.78, 5) is 26.6. The number of thiophene rings is 1. The Morgan fingerprint density at radius 1 is 1.15 bits per heavy atom. The molecule has 0 N–H and O–H groups in total. The molecule has 3 rings (SSSR count). The maximum Gasteiger partial charge on any atom is 0.310 e. The summed E-state index contributed by atoms with van der Waals surface area (Å²) in [7, 11) is 0. The maximum absolute atomic E-state index is 13.5. The van der Waals surface area contributed by atoms with Gasteiger partial charge in [0, 0.05) is 27.9 Å². The Labute approximate surface area is 228 Å². The Balaban J connectivity index is 0.00000385. The molecule has 0 aliphatic rings. The summed E-state index contributed by atoms with van der Waals surface area (Å²) < 4.78 is 9.14. The van der Waals surface area contributed by atoms with Gasteiger partial charge in [-0.25, -0.2) is 0 Å². The van der Waals surface area contributed by atoms with Crippen LogP contribution < -0.4 is 28.5 Å². The van der Waals surface area contributed by atoms with Gasteiger partial charge in [0.05, 0.1) is 23.5 Å². The van der Waals surface area contributed by atoms with Crippen LogP contribution in [0.2, 0.25) is 0 Å². The molecule has 33 heavy (non-hydrogen) atoms. The molecule has 8 heteroatoms. The van der Waals surface area contributed by atoms with Crippen molar-refractivity contribution in [2.45, 2.75) is 31.4 Å². The maximum atomic E-state index is 13.5. The van der Waals surface area contributed by atoms with Crippen molar-refractivity contribution in [3.05, 3.63) is 87.0 Å². The van der Waals surface area contributed by atoms with Gasteiger partial charge in [-0.15, -0.1) is 23.1 Å². The average molecular weight is 658 g/mol. The summed E-state index contributed by atoms with van der Waals surface area (Å²) in [6.45, 7) is 6.10. The summed E-state index contributed by atoms with van der Waals surface area (Å²) >= 11 is 6.52. The van der Waals surface area contributed by atoms with Crippen LogP contribution in [0, 0.1) is 6.92 Å². The second-order valence-electron chi connectivity index (χ2n) is 7.03. The first-order valence-electron chi connectivity index (χ1n) is 10.3. The SMILES string of the molecule is C/C=C/CSc1sc(C(=O)c2ccc(Br)cc2)c(CC(=O)OCC)c1-[n+]1ccc(C)cc1.[I-]. The molecule has 2 heterocycles. The minimum absolute atomic E-state index is 0. The number of ether oxygens (including phenoxy) is 1. The van der Waals surface area contributed by atoms with Crippen LogP contribution in [0.5, 0.6) is 0 Å². The lowest BCUT2D eigenvalue weighted by Crippen LogP contribution is -3.00. The topological polar surface area (TPSA) is 47.3 Å². The van der Waals surface area contributed by atoms with E-state index in [2.05, 4.69) is 22.0 Å². The first kappa shape index (κ1) is 27.8. The van der Waals surface area contributed by atoms with Crippen LogP contribution in [0.1, 0.15) is 40.2 Å². The molecule has 4 nitrogen and oxygen atoms in total. The third kappa shape index (κ3) is 7.24. The summed E-state index contributed by atoms with van der Waals surface area (Å²) in [6, 6.07) is 11.3. The molecule has 0 spiro atoms. The van der Waals surface area contributed by atoms with Gasteiger partial charge in [0.2, 0.25) is 11.5 Å². The molecule has 1 aromatic carbocycles. The molecule has 0 saturated carbocycles. The Hall–Kier alpha value is -1.49. The van der Waals surface area contributed by atoms with E-state index in [-0.39, 0.29) is 42.2 Å². The lowest BCUT2D eigenvalue weighted by atomic mass is 10.0. The summed E-state index contributed by atoms with van der Waals surface area (Å²) in [5, 5.41) is 0. The first-order chi connectivity index (χ1) is 15.4. The zero-order valence-corrected chi connectivity index (χ0v) is 24.0. The number of aromatic nitrogens is 1. The Bertz CT molecular complexity index is 1130. The fourth-order valence-corrected chi connectivity index (χ4v) is 5.87. The van der Waals surface area contributed by atoms with Crippen molar-refractivity contribution in [3.63, 3.8) is 0 Å². The number of thioether (sulfide) groups is 1. The van der Waals surface area contributed by atoms with Gasteiger partial charge in [0.1, 0.15) is 4.21 Å². The highest BCUT2D eigenvalue weighted by Crippen LogP contribution is 2.38. The van der Waals surface area contributed by atoms with Gasteiger partial charge < -0.3 is 28.7 Å². The van der Waals surface area contributed by atoms with Crippen LogP contribution in [0.3, 0.4) is 0 Å². The molecule has 0 bridgehead atoms. The van der Waals surface area contributed by atoms with E-state index in [1.54, 1.807) is 30.8 Å². The lowest BCUT2D eigenvalue weighted by molar-refractivity contribution is -0.598. The van der Waals surface area contributed by atoms with E-state index >= 15 is 0 Å². The van der Waals surface area contributed by atoms with Crippen LogP contribution in [0.15, 0.2) is 69.6 Å². The standard InChI is InChI=1S/C25H25BrNO3S2.HI/c1-4-6-15-31-25-22(27-13-11-17(3)12-14-27)20(16-21(28)30-5-2)24(32-25)23(29)18-7-9-19(26)10-8-18;/h4,6-14H,5,15-16H2,1-3H3;1H/q+1;/p-1/b6-4+;. The van der Waals surface area contributed by atoms with E-state index in [9.17, 15) is 9.59 Å². The fourth-order valence-electron chi connectivity index (χ4n) is 3.10. The van der Waals surface area contributed by atoms with Crippen LogP contribution in [0.4, 0.5) is 0 Å². The van der Waals surface area contributed by atoms with Gasteiger partial charge in [-0.3, -0.25) is 9.59 Å². The molecule has 0 atom stereocenters. The smallest absolute Gasteiger partial charge is 0.310 e. The number of pyridine rings is 1. The van der Waals surface area contributed by atoms with Crippen LogP contribution in [0.25, 0.3) is 5.69 Å². The molecule has 0 saturated heterocycles. The third-order valence-corrected chi connectivity index (χ3v) is 7.65. The van der Waals surface area contributed by atoms with Gasteiger partial charge in [-0.2, -0.15) is 4.57 Å². The number of allylic oxidation sites excluding steroid dienone is 1. The highest BCUT2D eigenvalue weighted by atomic mass is 127.